The van der Waals surface area contributed by atoms with Crippen LogP contribution in [0.3, 0.4) is 0 Å². The summed E-state index contributed by atoms with van der Waals surface area (Å²) in [7, 11) is 0. The number of benzene rings is 1. The summed E-state index contributed by atoms with van der Waals surface area (Å²) in [5.41, 5.74) is 7.51. The van der Waals surface area contributed by atoms with Gasteiger partial charge in [-0.2, -0.15) is 10.4 Å². The van der Waals surface area contributed by atoms with Crippen LogP contribution in [0.15, 0.2) is 36.5 Å². The minimum Gasteiger partial charge on any atom is -0.483 e. The number of rotatable bonds is 5. The molecule has 0 amide bonds. The van der Waals surface area contributed by atoms with E-state index in [1.165, 1.54) is 0 Å². The lowest BCUT2D eigenvalue weighted by Crippen LogP contribution is -2.15. The minimum absolute atomic E-state index is 0.377. The summed E-state index contributed by atoms with van der Waals surface area (Å²) >= 11 is 6.00. The molecule has 7 heteroatoms. The van der Waals surface area contributed by atoms with Gasteiger partial charge in [0.1, 0.15) is 17.9 Å². The normalized spacial score (nSPS) is 12.0. The second kappa shape index (κ2) is 6.65. The first-order valence-corrected chi connectivity index (χ1v) is 7.45. The van der Waals surface area contributed by atoms with Crippen molar-refractivity contribution in [3.63, 3.8) is 0 Å². The Bertz CT molecular complexity index is 870. The van der Waals surface area contributed by atoms with Crippen LogP contribution >= 0.6 is 11.6 Å². The molecule has 0 saturated heterocycles. The zero-order valence-corrected chi connectivity index (χ0v) is 12.9. The van der Waals surface area contributed by atoms with Crippen LogP contribution in [-0.2, 0) is 0 Å². The maximum absolute atomic E-state index is 9.21. The summed E-state index contributed by atoms with van der Waals surface area (Å²) in [5.74, 6) is 0.421. The van der Waals surface area contributed by atoms with Crippen molar-refractivity contribution in [3.8, 4) is 11.8 Å². The topological polar surface area (TPSA) is 101 Å². The summed E-state index contributed by atoms with van der Waals surface area (Å²) in [6.07, 6.45) is 1.89. The van der Waals surface area contributed by atoms with Crippen molar-refractivity contribution in [2.75, 3.05) is 6.54 Å². The molecular weight excluding hydrogens is 314 g/mol. The van der Waals surface area contributed by atoms with Gasteiger partial charge in [0, 0.05) is 22.9 Å². The highest BCUT2D eigenvalue weighted by Crippen LogP contribution is 2.29. The number of nitrogens with two attached hydrogens (primary N) is 1. The second-order valence-corrected chi connectivity index (χ2v) is 5.42. The van der Waals surface area contributed by atoms with Gasteiger partial charge in [-0.25, -0.2) is 4.98 Å². The van der Waals surface area contributed by atoms with Crippen LogP contribution in [0.5, 0.6) is 5.75 Å². The van der Waals surface area contributed by atoms with Crippen molar-refractivity contribution >= 4 is 22.6 Å². The van der Waals surface area contributed by atoms with E-state index in [1.807, 2.05) is 12.1 Å². The van der Waals surface area contributed by atoms with Gasteiger partial charge in [-0.3, -0.25) is 5.10 Å². The summed E-state index contributed by atoms with van der Waals surface area (Å²) in [5, 5.41) is 17.4. The van der Waals surface area contributed by atoms with E-state index >= 15 is 0 Å². The van der Waals surface area contributed by atoms with Crippen LogP contribution < -0.4 is 10.5 Å². The Balaban J connectivity index is 1.95. The Morgan fingerprint density at radius 3 is 3.00 bits per heavy atom. The van der Waals surface area contributed by atoms with Crippen molar-refractivity contribution < 1.29 is 4.74 Å². The number of aromatic nitrogens is 3. The van der Waals surface area contributed by atoms with Gasteiger partial charge in [-0.15, -0.1) is 0 Å². The Morgan fingerprint density at radius 1 is 1.35 bits per heavy atom. The van der Waals surface area contributed by atoms with E-state index in [4.69, 9.17) is 22.1 Å². The van der Waals surface area contributed by atoms with Gasteiger partial charge < -0.3 is 10.5 Å². The predicted molar refractivity (Wildman–Crippen MR) is 87.1 cm³/mol. The molecule has 0 fully saturated rings. The molecule has 0 spiro atoms. The smallest absolute Gasteiger partial charge is 0.155 e. The fourth-order valence-corrected chi connectivity index (χ4v) is 2.44. The van der Waals surface area contributed by atoms with Crippen LogP contribution in [0.25, 0.3) is 11.0 Å². The molecule has 3 aromatic rings. The average Bonchev–Trinajstić information content (AvgIpc) is 3.02. The number of aromatic amines is 1. The lowest BCUT2D eigenvalue weighted by Gasteiger charge is -2.19. The Hall–Kier alpha value is -2.62. The molecule has 1 unspecified atom stereocenters. The number of nitrogens with zero attached hydrogens (tertiary/aromatic N) is 3. The molecule has 0 aliphatic carbocycles. The highest BCUT2D eigenvalue weighted by Gasteiger charge is 2.17. The first-order chi connectivity index (χ1) is 11.2. The van der Waals surface area contributed by atoms with Gasteiger partial charge in [-0.1, -0.05) is 11.6 Å². The number of H-pyrrole nitrogens is 1. The van der Waals surface area contributed by atoms with Gasteiger partial charge in [0.15, 0.2) is 5.65 Å². The molecule has 6 nitrogen and oxygen atoms in total. The van der Waals surface area contributed by atoms with Crippen LogP contribution in [-0.4, -0.2) is 21.7 Å². The monoisotopic (exact) mass is 327 g/mol. The highest BCUT2D eigenvalue weighted by molar-refractivity contribution is 6.30. The summed E-state index contributed by atoms with van der Waals surface area (Å²) in [4.78, 5) is 4.51. The third-order valence-corrected chi connectivity index (χ3v) is 3.65. The SMILES string of the molecule is N#Cc1ccc(Cl)cc1OC(CCN)c1ccc2cn[nH]c2n1. The Labute approximate surface area is 137 Å². The molecule has 0 saturated carbocycles. The molecule has 1 atom stereocenters. The molecule has 3 rings (SSSR count). The van der Waals surface area contributed by atoms with Crippen LogP contribution in [0.2, 0.25) is 5.02 Å². The molecular formula is C16H14ClN5O. The number of ether oxygens (including phenoxy) is 1. The third kappa shape index (κ3) is 3.26. The van der Waals surface area contributed by atoms with E-state index in [-0.39, 0.29) is 6.10 Å². The van der Waals surface area contributed by atoms with Gasteiger partial charge in [-0.05, 0) is 30.8 Å². The van der Waals surface area contributed by atoms with E-state index in [9.17, 15) is 5.26 Å². The standard InChI is InChI=1S/C16H14ClN5O/c17-12-3-1-10(8-19)15(7-12)23-14(5-6-18)13-4-2-11-9-20-22-16(11)21-13/h1-4,7,9,14H,5-6,18H2,(H,20,21,22). The third-order valence-electron chi connectivity index (χ3n) is 3.41. The summed E-state index contributed by atoms with van der Waals surface area (Å²) < 4.78 is 5.99. The molecule has 2 aromatic heterocycles. The van der Waals surface area contributed by atoms with Crippen LogP contribution in [0, 0.1) is 11.3 Å². The molecule has 23 heavy (non-hydrogen) atoms. The molecule has 1 aromatic carbocycles. The van der Waals surface area contributed by atoms with Crippen LogP contribution in [0.1, 0.15) is 23.8 Å². The van der Waals surface area contributed by atoms with E-state index < -0.39 is 0 Å². The van der Waals surface area contributed by atoms with Gasteiger partial charge in [0.05, 0.1) is 17.5 Å². The molecule has 0 radical (unpaired) electrons. The number of nitriles is 1. The molecule has 3 N–H and O–H groups in total. The van der Waals surface area contributed by atoms with Crippen LogP contribution in [0.4, 0.5) is 0 Å². The lowest BCUT2D eigenvalue weighted by atomic mass is 10.1. The largest absolute Gasteiger partial charge is 0.483 e. The fourth-order valence-electron chi connectivity index (χ4n) is 2.28. The number of halogens is 1. The maximum atomic E-state index is 9.21. The van der Waals surface area contributed by atoms with E-state index in [1.54, 1.807) is 24.4 Å². The van der Waals surface area contributed by atoms with Crippen molar-refractivity contribution in [2.45, 2.75) is 12.5 Å². The quantitative estimate of drug-likeness (QED) is 0.750. The number of pyridine rings is 1. The molecule has 2 heterocycles. The van der Waals surface area contributed by atoms with E-state index in [0.29, 0.717) is 34.9 Å². The Morgan fingerprint density at radius 2 is 2.22 bits per heavy atom. The number of hydrogen-bond acceptors (Lipinski definition) is 5. The van der Waals surface area contributed by atoms with Crippen molar-refractivity contribution in [1.29, 1.82) is 5.26 Å². The first kappa shape index (κ1) is 15.3. The van der Waals surface area contributed by atoms with Crippen molar-refractivity contribution in [3.05, 3.63) is 52.8 Å². The lowest BCUT2D eigenvalue weighted by molar-refractivity contribution is 0.193. The zero-order valence-electron chi connectivity index (χ0n) is 12.2. The van der Waals surface area contributed by atoms with E-state index in [2.05, 4.69) is 21.3 Å². The molecule has 0 aliphatic heterocycles. The van der Waals surface area contributed by atoms with Gasteiger partial charge in [0.2, 0.25) is 0 Å². The number of hydrogen-bond donors (Lipinski definition) is 2. The average molecular weight is 328 g/mol. The van der Waals surface area contributed by atoms with Gasteiger partial charge in [0.25, 0.3) is 0 Å². The van der Waals surface area contributed by atoms with E-state index in [0.717, 1.165) is 11.1 Å². The first-order valence-electron chi connectivity index (χ1n) is 7.07. The summed E-state index contributed by atoms with van der Waals surface area (Å²) in [6, 6.07) is 10.8. The molecule has 0 aliphatic rings. The molecule has 116 valence electrons. The molecule has 0 bridgehead atoms. The van der Waals surface area contributed by atoms with Crippen molar-refractivity contribution in [1.82, 2.24) is 15.2 Å². The number of nitrogens with one attached hydrogen (secondary N) is 1. The van der Waals surface area contributed by atoms with Crippen molar-refractivity contribution in [2.24, 2.45) is 5.73 Å². The minimum atomic E-state index is -0.377. The second-order valence-electron chi connectivity index (χ2n) is 4.98. The fraction of sp³-hybridized carbons (Fsp3) is 0.188. The van der Waals surface area contributed by atoms with Gasteiger partial charge >= 0.3 is 0 Å². The zero-order chi connectivity index (χ0) is 16.2. The Kier molecular flexibility index (Phi) is 4.42. The summed E-state index contributed by atoms with van der Waals surface area (Å²) in [6.45, 7) is 0.426. The predicted octanol–water partition coefficient (Wildman–Crippen LogP) is 2.95. The highest BCUT2D eigenvalue weighted by atomic mass is 35.5. The maximum Gasteiger partial charge on any atom is 0.155 e. The number of fused-ring (bicyclic) bond motifs is 1.